The van der Waals surface area contributed by atoms with Crippen LogP contribution >= 0.6 is 11.8 Å². The van der Waals surface area contributed by atoms with E-state index in [1.165, 1.54) is 0 Å². The first-order valence-electron chi connectivity index (χ1n) is 1.83. The lowest BCUT2D eigenvalue weighted by Gasteiger charge is -1.85. The Kier molecular flexibility index (Phi) is 3.10. The van der Waals surface area contributed by atoms with E-state index in [2.05, 4.69) is 0 Å². The second kappa shape index (κ2) is 3.37. The molecule has 46 valence electrons. The Balaban J connectivity index is 3.80. The van der Waals surface area contributed by atoms with Gasteiger partial charge in [0.05, 0.1) is 0 Å². The van der Waals surface area contributed by atoms with Crippen molar-refractivity contribution < 1.29 is 15.0 Å². The van der Waals surface area contributed by atoms with Crippen molar-refractivity contribution in [3.63, 3.8) is 0 Å². The number of carbonyl (C=O) groups is 1. The highest BCUT2D eigenvalue weighted by molar-refractivity contribution is 8.01. The monoisotopic (exact) mass is 134 g/mol. The summed E-state index contributed by atoms with van der Waals surface area (Å²) in [7, 11) is 0. The third-order valence-electron chi connectivity index (χ3n) is 0.449. The van der Waals surface area contributed by atoms with Gasteiger partial charge in [-0.15, -0.1) is 11.8 Å². The predicted octanol–water partition coefficient (Wildman–Crippen LogP) is 0.833. The molecule has 0 fully saturated rings. The van der Waals surface area contributed by atoms with Crippen LogP contribution in [-0.4, -0.2) is 22.4 Å². The van der Waals surface area contributed by atoms with Crippen molar-refractivity contribution in [2.45, 2.75) is 0 Å². The zero-order valence-corrected chi connectivity index (χ0v) is 5.10. The van der Waals surface area contributed by atoms with Gasteiger partial charge in [0.15, 0.2) is 0 Å². The summed E-state index contributed by atoms with van der Waals surface area (Å²) in [6.45, 7) is 0. The molecule has 0 saturated carbocycles. The van der Waals surface area contributed by atoms with Crippen molar-refractivity contribution in [1.82, 2.24) is 0 Å². The summed E-state index contributed by atoms with van der Waals surface area (Å²) in [6, 6.07) is 0. The van der Waals surface area contributed by atoms with E-state index in [9.17, 15) is 4.79 Å². The lowest BCUT2D eigenvalue weighted by molar-refractivity contribution is -0.135. The third-order valence-corrected chi connectivity index (χ3v) is 0.908. The highest BCUT2D eigenvalue weighted by Gasteiger charge is 1.99. The van der Waals surface area contributed by atoms with E-state index in [4.69, 9.17) is 10.2 Å². The quantitative estimate of drug-likeness (QED) is 0.434. The summed E-state index contributed by atoms with van der Waals surface area (Å²) >= 11 is 1.15. The Morgan fingerprint density at radius 1 is 1.62 bits per heavy atom. The molecule has 0 aromatic heterocycles. The van der Waals surface area contributed by atoms with Crippen LogP contribution in [0.5, 0.6) is 0 Å². The van der Waals surface area contributed by atoms with Crippen LogP contribution in [0.4, 0.5) is 0 Å². The summed E-state index contributed by atoms with van der Waals surface area (Å²) in [5.74, 6) is -1.91. The minimum absolute atomic E-state index is 0.613. The van der Waals surface area contributed by atoms with Crippen LogP contribution in [0.15, 0.2) is 11.2 Å². The number of carboxylic acid groups (broad SMARTS) is 1. The Morgan fingerprint density at radius 2 is 2.12 bits per heavy atom. The Morgan fingerprint density at radius 3 is 2.25 bits per heavy atom. The zero-order chi connectivity index (χ0) is 6.57. The van der Waals surface area contributed by atoms with Crippen LogP contribution in [-0.2, 0) is 4.79 Å². The standard InChI is InChI=1S/C4H6O3S/c1-8-2-3(5)4(6)7/h2,5H,1H3,(H,6,7)/b3-2-. The van der Waals surface area contributed by atoms with Crippen LogP contribution < -0.4 is 0 Å². The van der Waals surface area contributed by atoms with Gasteiger partial charge in [-0.05, 0) is 6.26 Å². The van der Waals surface area contributed by atoms with Gasteiger partial charge in [0.2, 0.25) is 5.76 Å². The zero-order valence-electron chi connectivity index (χ0n) is 4.29. The number of thioether (sulfide) groups is 1. The maximum Gasteiger partial charge on any atom is 0.371 e. The summed E-state index contributed by atoms with van der Waals surface area (Å²) in [5, 5.41) is 17.5. The molecule has 3 nitrogen and oxygen atoms in total. The first-order chi connectivity index (χ1) is 3.68. The van der Waals surface area contributed by atoms with Gasteiger partial charge in [-0.1, -0.05) is 0 Å². The number of hydrogen-bond acceptors (Lipinski definition) is 3. The van der Waals surface area contributed by atoms with Crippen molar-refractivity contribution >= 4 is 17.7 Å². The van der Waals surface area contributed by atoms with Gasteiger partial charge in [0.25, 0.3) is 0 Å². The van der Waals surface area contributed by atoms with Crippen LogP contribution in [0.2, 0.25) is 0 Å². The molecule has 0 spiro atoms. The molecule has 0 aliphatic carbocycles. The van der Waals surface area contributed by atoms with Gasteiger partial charge in [0, 0.05) is 5.41 Å². The van der Waals surface area contributed by atoms with E-state index < -0.39 is 11.7 Å². The molecule has 2 N–H and O–H groups in total. The largest absolute Gasteiger partial charge is 0.501 e. The average molecular weight is 134 g/mol. The lowest BCUT2D eigenvalue weighted by Crippen LogP contribution is -1.97. The molecule has 0 aliphatic rings. The summed E-state index contributed by atoms with van der Waals surface area (Å²) in [5.41, 5.74) is 0. The van der Waals surface area contributed by atoms with Crippen molar-refractivity contribution in [3.8, 4) is 0 Å². The van der Waals surface area contributed by atoms with Gasteiger partial charge in [-0.25, -0.2) is 4.79 Å². The molecule has 0 heterocycles. The molecule has 4 heteroatoms. The molecule has 0 rings (SSSR count). The van der Waals surface area contributed by atoms with Crippen LogP contribution in [0.3, 0.4) is 0 Å². The molecule has 0 radical (unpaired) electrons. The topological polar surface area (TPSA) is 57.5 Å². The van der Waals surface area contributed by atoms with Gasteiger partial charge in [-0.2, -0.15) is 0 Å². The molecule has 0 unspecified atom stereocenters. The molecule has 8 heavy (non-hydrogen) atoms. The second-order valence-electron chi connectivity index (χ2n) is 1.04. The van der Waals surface area contributed by atoms with Crippen molar-refractivity contribution in [2.75, 3.05) is 6.26 Å². The number of aliphatic hydroxyl groups is 1. The van der Waals surface area contributed by atoms with E-state index in [0.717, 1.165) is 17.2 Å². The highest BCUT2D eigenvalue weighted by Crippen LogP contribution is 1.98. The first-order valence-corrected chi connectivity index (χ1v) is 3.12. The predicted molar refractivity (Wildman–Crippen MR) is 31.9 cm³/mol. The fourth-order valence-corrected chi connectivity index (χ4v) is 0.486. The molecule has 0 aromatic rings. The molecule has 0 aromatic carbocycles. The Hall–Kier alpha value is -0.640. The number of aliphatic carboxylic acids is 1. The van der Waals surface area contributed by atoms with E-state index >= 15 is 0 Å². The van der Waals surface area contributed by atoms with Gasteiger partial charge < -0.3 is 10.2 Å². The normalized spacial score (nSPS) is 11.4. The van der Waals surface area contributed by atoms with Crippen molar-refractivity contribution in [2.24, 2.45) is 0 Å². The Labute approximate surface area is 51.0 Å². The Bertz CT molecular complexity index is 118. The fraction of sp³-hybridized carbons (Fsp3) is 0.250. The van der Waals surface area contributed by atoms with Gasteiger partial charge >= 0.3 is 5.97 Å². The number of carboxylic acids is 1. The summed E-state index contributed by atoms with van der Waals surface area (Å²) in [6.07, 6.45) is 1.67. The van der Waals surface area contributed by atoms with E-state index in [-0.39, 0.29) is 0 Å². The second-order valence-corrected chi connectivity index (χ2v) is 1.75. The van der Waals surface area contributed by atoms with Gasteiger partial charge in [-0.3, -0.25) is 0 Å². The number of aliphatic hydroxyl groups excluding tert-OH is 1. The number of hydrogen-bond donors (Lipinski definition) is 2. The van der Waals surface area contributed by atoms with Crippen LogP contribution in [0.1, 0.15) is 0 Å². The maximum absolute atomic E-state index is 9.76. The van der Waals surface area contributed by atoms with E-state index in [1.807, 2.05) is 0 Å². The molecular formula is C4H6O3S. The number of rotatable bonds is 2. The van der Waals surface area contributed by atoms with Crippen molar-refractivity contribution in [1.29, 1.82) is 0 Å². The smallest absolute Gasteiger partial charge is 0.371 e. The van der Waals surface area contributed by atoms with Crippen LogP contribution in [0, 0.1) is 0 Å². The lowest BCUT2D eigenvalue weighted by atomic mass is 10.6. The molecule has 0 atom stereocenters. The SMILES string of the molecule is CS/C=C(\O)C(=O)O. The minimum Gasteiger partial charge on any atom is -0.501 e. The third kappa shape index (κ3) is 2.52. The molecule has 0 aliphatic heterocycles. The van der Waals surface area contributed by atoms with E-state index in [0.29, 0.717) is 0 Å². The summed E-state index contributed by atoms with van der Waals surface area (Å²) < 4.78 is 0. The molecule has 0 bridgehead atoms. The van der Waals surface area contributed by atoms with Crippen molar-refractivity contribution in [3.05, 3.63) is 11.2 Å². The van der Waals surface area contributed by atoms with E-state index in [1.54, 1.807) is 6.26 Å². The fourth-order valence-electron chi connectivity index (χ4n) is 0.162. The average Bonchev–Trinajstić information content (AvgIpc) is 1.67. The molecule has 0 amide bonds. The van der Waals surface area contributed by atoms with Crippen LogP contribution in [0.25, 0.3) is 0 Å². The summed E-state index contributed by atoms with van der Waals surface area (Å²) in [4.78, 5) is 9.76. The molecule has 0 saturated heterocycles. The first kappa shape index (κ1) is 7.36. The minimum atomic E-state index is -1.29. The highest BCUT2D eigenvalue weighted by atomic mass is 32.2. The maximum atomic E-state index is 9.76. The molecular weight excluding hydrogens is 128 g/mol. The van der Waals surface area contributed by atoms with Gasteiger partial charge in [0.1, 0.15) is 0 Å².